The highest BCUT2D eigenvalue weighted by molar-refractivity contribution is 5.67. The van der Waals surface area contributed by atoms with Crippen LogP contribution in [0.4, 0.5) is 4.79 Å². The van der Waals surface area contributed by atoms with Crippen LogP contribution < -0.4 is 5.73 Å². The Morgan fingerprint density at radius 2 is 2.00 bits per heavy atom. The second-order valence-corrected chi connectivity index (χ2v) is 4.86. The second kappa shape index (κ2) is 5.95. The molecule has 0 saturated heterocycles. The maximum absolute atomic E-state index is 11.5. The summed E-state index contributed by atoms with van der Waals surface area (Å²) in [5.74, 6) is 0. The normalized spacial score (nSPS) is 13.5. The molecular weight excluding hydrogens is 192 g/mol. The van der Waals surface area contributed by atoms with Crippen molar-refractivity contribution in [1.29, 1.82) is 0 Å². The van der Waals surface area contributed by atoms with E-state index in [9.17, 15) is 4.79 Å². The molecule has 0 aliphatic heterocycles. The predicted octanol–water partition coefficient (Wildman–Crippen LogP) is 1.98. The van der Waals surface area contributed by atoms with Crippen LogP contribution in [0.1, 0.15) is 40.5 Å². The third-order valence-electron chi connectivity index (χ3n) is 2.06. The van der Waals surface area contributed by atoms with Crippen molar-refractivity contribution in [2.75, 3.05) is 13.6 Å². The number of ether oxygens (including phenoxy) is 1. The van der Waals surface area contributed by atoms with Crippen LogP contribution in [0.2, 0.25) is 0 Å². The van der Waals surface area contributed by atoms with Crippen molar-refractivity contribution in [3.63, 3.8) is 0 Å². The molecule has 0 fully saturated rings. The summed E-state index contributed by atoms with van der Waals surface area (Å²) in [6.45, 7) is 8.26. The summed E-state index contributed by atoms with van der Waals surface area (Å²) in [7, 11) is 1.73. The number of nitrogens with two attached hydrogens (primary N) is 1. The van der Waals surface area contributed by atoms with Crippen LogP contribution in [0, 0.1) is 0 Å². The third kappa shape index (κ3) is 7.19. The van der Waals surface area contributed by atoms with E-state index in [1.54, 1.807) is 11.9 Å². The summed E-state index contributed by atoms with van der Waals surface area (Å²) in [6.07, 6.45) is 1.46. The van der Waals surface area contributed by atoms with Crippen LogP contribution in [0.15, 0.2) is 0 Å². The fourth-order valence-electron chi connectivity index (χ4n) is 0.995. The Morgan fingerprint density at radius 3 is 2.40 bits per heavy atom. The molecule has 4 heteroatoms. The van der Waals surface area contributed by atoms with Gasteiger partial charge in [-0.2, -0.15) is 0 Å². The average molecular weight is 216 g/mol. The molecule has 0 spiro atoms. The molecule has 2 N–H and O–H groups in total. The Labute approximate surface area is 92.8 Å². The van der Waals surface area contributed by atoms with Crippen molar-refractivity contribution < 1.29 is 9.53 Å². The van der Waals surface area contributed by atoms with Gasteiger partial charge in [0.1, 0.15) is 5.60 Å². The van der Waals surface area contributed by atoms with E-state index in [0.717, 1.165) is 12.8 Å². The van der Waals surface area contributed by atoms with Crippen molar-refractivity contribution in [2.24, 2.45) is 5.73 Å². The lowest BCUT2D eigenvalue weighted by atomic mass is 10.1. The van der Waals surface area contributed by atoms with Crippen LogP contribution in [-0.4, -0.2) is 36.2 Å². The fraction of sp³-hybridized carbons (Fsp3) is 0.909. The Hall–Kier alpha value is -0.770. The van der Waals surface area contributed by atoms with Gasteiger partial charge < -0.3 is 15.4 Å². The Kier molecular flexibility index (Phi) is 5.65. The lowest BCUT2D eigenvalue weighted by Crippen LogP contribution is -2.36. The SMILES string of the molecule is CCC(N)CCN(C)C(=O)OC(C)(C)C. The van der Waals surface area contributed by atoms with E-state index in [-0.39, 0.29) is 12.1 Å². The molecule has 0 bridgehead atoms. The number of hydrogen-bond acceptors (Lipinski definition) is 3. The first kappa shape index (κ1) is 14.2. The molecule has 0 radical (unpaired) electrons. The van der Waals surface area contributed by atoms with E-state index in [0.29, 0.717) is 6.54 Å². The first-order chi connectivity index (χ1) is 6.76. The zero-order chi connectivity index (χ0) is 12.1. The van der Waals surface area contributed by atoms with Gasteiger partial charge in [0.15, 0.2) is 0 Å². The molecule has 4 nitrogen and oxygen atoms in total. The maximum Gasteiger partial charge on any atom is 0.410 e. The Bertz CT molecular complexity index is 199. The van der Waals surface area contributed by atoms with E-state index in [2.05, 4.69) is 0 Å². The second-order valence-electron chi connectivity index (χ2n) is 4.86. The topological polar surface area (TPSA) is 55.6 Å². The van der Waals surface area contributed by atoms with Gasteiger partial charge in [0.05, 0.1) is 0 Å². The molecule has 1 unspecified atom stereocenters. The molecule has 0 saturated carbocycles. The predicted molar refractivity (Wildman–Crippen MR) is 61.7 cm³/mol. The number of carbonyl (C=O) groups is 1. The van der Waals surface area contributed by atoms with Gasteiger partial charge in [0.2, 0.25) is 0 Å². The lowest BCUT2D eigenvalue weighted by Gasteiger charge is -2.25. The van der Waals surface area contributed by atoms with Crippen molar-refractivity contribution in [2.45, 2.75) is 52.2 Å². The van der Waals surface area contributed by atoms with Gasteiger partial charge in [-0.15, -0.1) is 0 Å². The molecule has 1 amide bonds. The molecule has 1 atom stereocenters. The maximum atomic E-state index is 11.5. The van der Waals surface area contributed by atoms with Gasteiger partial charge >= 0.3 is 6.09 Å². The van der Waals surface area contributed by atoms with Gasteiger partial charge in [0, 0.05) is 19.6 Å². The van der Waals surface area contributed by atoms with Gasteiger partial charge in [-0.3, -0.25) is 0 Å². The van der Waals surface area contributed by atoms with E-state index in [1.807, 2.05) is 27.7 Å². The summed E-state index contributed by atoms with van der Waals surface area (Å²) in [5, 5.41) is 0. The number of hydrogen-bond donors (Lipinski definition) is 1. The van der Waals surface area contributed by atoms with Crippen LogP contribution in [0.3, 0.4) is 0 Å². The minimum atomic E-state index is -0.432. The van der Waals surface area contributed by atoms with Crippen LogP contribution in [0.25, 0.3) is 0 Å². The number of rotatable bonds is 4. The standard InChI is InChI=1S/C11H24N2O2/c1-6-9(12)7-8-13(5)10(14)15-11(2,3)4/h9H,6-8,12H2,1-5H3. The number of amides is 1. The highest BCUT2D eigenvalue weighted by Crippen LogP contribution is 2.09. The average Bonchev–Trinajstić information content (AvgIpc) is 2.10. The Morgan fingerprint density at radius 1 is 1.47 bits per heavy atom. The van der Waals surface area contributed by atoms with Crippen molar-refractivity contribution >= 4 is 6.09 Å². The number of carbonyl (C=O) groups excluding carboxylic acids is 1. The van der Waals surface area contributed by atoms with Gasteiger partial charge in [-0.25, -0.2) is 4.79 Å². The van der Waals surface area contributed by atoms with Crippen LogP contribution in [0.5, 0.6) is 0 Å². The molecule has 0 aliphatic rings. The molecule has 90 valence electrons. The first-order valence-electron chi connectivity index (χ1n) is 5.46. The summed E-state index contributed by atoms with van der Waals surface area (Å²) in [6, 6.07) is 0.162. The molecule has 15 heavy (non-hydrogen) atoms. The van der Waals surface area contributed by atoms with E-state index >= 15 is 0 Å². The van der Waals surface area contributed by atoms with E-state index in [4.69, 9.17) is 10.5 Å². The minimum Gasteiger partial charge on any atom is -0.444 e. The smallest absolute Gasteiger partial charge is 0.410 e. The molecule has 0 aliphatic carbocycles. The summed E-state index contributed by atoms with van der Waals surface area (Å²) < 4.78 is 5.21. The van der Waals surface area contributed by atoms with Crippen molar-refractivity contribution in [3.05, 3.63) is 0 Å². The zero-order valence-electron chi connectivity index (χ0n) is 10.5. The summed E-state index contributed by atoms with van der Waals surface area (Å²) in [5.41, 5.74) is 5.34. The van der Waals surface area contributed by atoms with E-state index in [1.165, 1.54) is 0 Å². The minimum absolute atomic E-state index is 0.162. The molecular formula is C11H24N2O2. The highest BCUT2D eigenvalue weighted by atomic mass is 16.6. The summed E-state index contributed by atoms with van der Waals surface area (Å²) in [4.78, 5) is 13.1. The number of nitrogens with zero attached hydrogens (tertiary/aromatic N) is 1. The summed E-state index contributed by atoms with van der Waals surface area (Å²) >= 11 is 0. The fourth-order valence-corrected chi connectivity index (χ4v) is 0.995. The largest absolute Gasteiger partial charge is 0.444 e. The molecule has 0 aromatic heterocycles. The highest BCUT2D eigenvalue weighted by Gasteiger charge is 2.19. The zero-order valence-corrected chi connectivity index (χ0v) is 10.5. The van der Waals surface area contributed by atoms with Gasteiger partial charge in [-0.05, 0) is 33.6 Å². The molecule has 0 aromatic rings. The molecule has 0 rings (SSSR count). The third-order valence-corrected chi connectivity index (χ3v) is 2.06. The first-order valence-corrected chi connectivity index (χ1v) is 5.46. The van der Waals surface area contributed by atoms with Gasteiger partial charge in [-0.1, -0.05) is 6.92 Å². The van der Waals surface area contributed by atoms with Crippen LogP contribution in [-0.2, 0) is 4.74 Å². The van der Waals surface area contributed by atoms with Crippen LogP contribution >= 0.6 is 0 Å². The monoisotopic (exact) mass is 216 g/mol. The van der Waals surface area contributed by atoms with Crippen molar-refractivity contribution in [1.82, 2.24) is 4.90 Å². The molecule has 0 aromatic carbocycles. The van der Waals surface area contributed by atoms with E-state index < -0.39 is 5.60 Å². The van der Waals surface area contributed by atoms with Gasteiger partial charge in [0.25, 0.3) is 0 Å². The quantitative estimate of drug-likeness (QED) is 0.781. The lowest BCUT2D eigenvalue weighted by molar-refractivity contribution is 0.0294. The van der Waals surface area contributed by atoms with Crippen molar-refractivity contribution in [3.8, 4) is 0 Å². The molecule has 0 heterocycles. The Balaban J connectivity index is 3.90.